The fourth-order valence-electron chi connectivity index (χ4n) is 1.37. The summed E-state index contributed by atoms with van der Waals surface area (Å²) >= 11 is 0. The first-order chi connectivity index (χ1) is 9.20. The summed E-state index contributed by atoms with van der Waals surface area (Å²) < 4.78 is 13.1. The lowest BCUT2D eigenvalue weighted by Crippen LogP contribution is -2.13. The predicted octanol–water partition coefficient (Wildman–Crippen LogP) is 0.506. The number of hydrogen-bond acceptors (Lipinski definition) is 4. The number of carbonyl (C=O) groups is 1. The van der Waals surface area contributed by atoms with E-state index in [2.05, 4.69) is 32.6 Å². The van der Waals surface area contributed by atoms with Crippen LogP contribution in [0.4, 0.5) is 10.1 Å². The first-order valence-corrected chi connectivity index (χ1v) is 5.36. The molecule has 0 radical (unpaired) electrons. The molecule has 6 nitrogen and oxygen atoms in total. The number of hydrogen-bond donors (Lipinski definition) is 3. The van der Waals surface area contributed by atoms with Crippen molar-refractivity contribution in [3.8, 4) is 11.8 Å². The molecule has 0 saturated heterocycles. The zero-order valence-corrected chi connectivity index (χ0v) is 9.77. The number of nitrogens with zero attached hydrogens (tertiary/aromatic N) is 2. The number of aromatic amines is 1. The van der Waals surface area contributed by atoms with Crippen LogP contribution in [0, 0.1) is 17.7 Å². The largest absolute Gasteiger partial charge is 0.320 e. The van der Waals surface area contributed by atoms with Gasteiger partial charge in [0.1, 0.15) is 5.82 Å². The Bertz CT molecular complexity index is 642. The van der Waals surface area contributed by atoms with Gasteiger partial charge in [-0.15, -0.1) is 0 Å². The predicted molar refractivity (Wildman–Crippen MR) is 66.7 cm³/mol. The standard InChI is InChI=1S/C12H10FN5O/c13-9-3-4-10(8(6-9)2-1-5-14)16-12(19)11-7-15-18-17-11/h3-4,6-7H,5,14H2,(H,16,19)(H,15,17,18). The SMILES string of the molecule is NCC#Cc1cc(F)ccc1NC(=O)c1cn[nH]n1. The highest BCUT2D eigenvalue weighted by Gasteiger charge is 2.11. The van der Waals surface area contributed by atoms with Crippen molar-refractivity contribution >= 4 is 11.6 Å². The van der Waals surface area contributed by atoms with Crippen LogP contribution >= 0.6 is 0 Å². The Morgan fingerprint density at radius 2 is 2.37 bits per heavy atom. The lowest BCUT2D eigenvalue weighted by atomic mass is 10.1. The molecule has 0 fully saturated rings. The van der Waals surface area contributed by atoms with Crippen molar-refractivity contribution in [2.24, 2.45) is 5.73 Å². The summed E-state index contributed by atoms with van der Waals surface area (Å²) in [5.41, 5.74) is 6.13. The molecule has 0 aliphatic heterocycles. The van der Waals surface area contributed by atoms with Gasteiger partial charge in [0.15, 0.2) is 5.69 Å². The Hall–Kier alpha value is -2.72. The molecule has 2 aromatic rings. The maximum absolute atomic E-state index is 13.1. The summed E-state index contributed by atoms with van der Waals surface area (Å²) in [5, 5.41) is 12.1. The highest BCUT2D eigenvalue weighted by molar-refractivity contribution is 6.03. The highest BCUT2D eigenvalue weighted by Crippen LogP contribution is 2.16. The molecule has 96 valence electrons. The van der Waals surface area contributed by atoms with Crippen LogP contribution in [-0.4, -0.2) is 27.9 Å². The first kappa shape index (κ1) is 12.7. The summed E-state index contributed by atoms with van der Waals surface area (Å²) in [6.07, 6.45) is 1.28. The molecule has 0 unspecified atom stereocenters. The minimum atomic E-state index is -0.462. The van der Waals surface area contributed by atoms with Crippen LogP contribution in [0.15, 0.2) is 24.4 Å². The van der Waals surface area contributed by atoms with Gasteiger partial charge in [0.25, 0.3) is 5.91 Å². The van der Waals surface area contributed by atoms with Crippen molar-refractivity contribution in [1.82, 2.24) is 15.4 Å². The van der Waals surface area contributed by atoms with Gasteiger partial charge in [-0.25, -0.2) is 4.39 Å². The molecule has 19 heavy (non-hydrogen) atoms. The topological polar surface area (TPSA) is 96.7 Å². The van der Waals surface area contributed by atoms with Crippen LogP contribution in [0.5, 0.6) is 0 Å². The van der Waals surface area contributed by atoms with E-state index in [0.717, 1.165) is 0 Å². The van der Waals surface area contributed by atoms with Gasteiger partial charge in [-0.3, -0.25) is 4.79 Å². The number of amides is 1. The minimum absolute atomic E-state index is 0.127. The van der Waals surface area contributed by atoms with E-state index in [4.69, 9.17) is 5.73 Å². The number of anilines is 1. The number of aromatic nitrogens is 3. The van der Waals surface area contributed by atoms with Crippen molar-refractivity contribution in [1.29, 1.82) is 0 Å². The summed E-state index contributed by atoms with van der Waals surface area (Å²) in [6.45, 7) is 0.146. The van der Waals surface area contributed by atoms with Gasteiger partial charge in [-0.1, -0.05) is 11.8 Å². The van der Waals surface area contributed by atoms with Crippen molar-refractivity contribution in [2.75, 3.05) is 11.9 Å². The maximum atomic E-state index is 13.1. The van der Waals surface area contributed by atoms with Gasteiger partial charge in [0, 0.05) is 0 Å². The molecule has 4 N–H and O–H groups in total. The molecule has 0 bridgehead atoms. The highest BCUT2D eigenvalue weighted by atomic mass is 19.1. The molecule has 0 aliphatic rings. The molecule has 0 spiro atoms. The quantitative estimate of drug-likeness (QED) is 0.684. The lowest BCUT2D eigenvalue weighted by molar-refractivity contribution is 0.102. The Labute approximate surface area is 108 Å². The van der Waals surface area contributed by atoms with E-state index in [1.54, 1.807) is 0 Å². The van der Waals surface area contributed by atoms with Gasteiger partial charge in [-0.2, -0.15) is 15.4 Å². The third-order valence-electron chi connectivity index (χ3n) is 2.20. The van der Waals surface area contributed by atoms with Crippen LogP contribution in [-0.2, 0) is 0 Å². The number of rotatable bonds is 2. The van der Waals surface area contributed by atoms with E-state index in [1.807, 2.05) is 0 Å². The smallest absolute Gasteiger partial charge is 0.277 e. The number of H-pyrrole nitrogens is 1. The van der Waals surface area contributed by atoms with Gasteiger partial charge >= 0.3 is 0 Å². The van der Waals surface area contributed by atoms with Crippen LogP contribution in [0.1, 0.15) is 16.1 Å². The van der Waals surface area contributed by atoms with Crippen LogP contribution < -0.4 is 11.1 Å². The van der Waals surface area contributed by atoms with Crippen molar-refractivity contribution in [2.45, 2.75) is 0 Å². The number of benzene rings is 1. The summed E-state index contributed by atoms with van der Waals surface area (Å²) in [5.74, 6) is 4.39. The van der Waals surface area contributed by atoms with Crippen molar-refractivity contribution < 1.29 is 9.18 Å². The van der Waals surface area contributed by atoms with Crippen LogP contribution in [0.3, 0.4) is 0 Å². The molecule has 1 heterocycles. The summed E-state index contributed by atoms with van der Waals surface area (Å²) in [7, 11) is 0. The second-order valence-electron chi connectivity index (χ2n) is 3.51. The monoisotopic (exact) mass is 259 g/mol. The summed E-state index contributed by atoms with van der Waals surface area (Å²) in [6, 6.07) is 3.88. The molecular formula is C12H10FN5O. The fourth-order valence-corrected chi connectivity index (χ4v) is 1.37. The number of nitrogens with two attached hydrogens (primary N) is 1. The molecule has 1 amide bonds. The van der Waals surface area contributed by atoms with Crippen LogP contribution in [0.25, 0.3) is 0 Å². The van der Waals surface area contributed by atoms with E-state index >= 15 is 0 Å². The van der Waals surface area contributed by atoms with E-state index in [0.29, 0.717) is 11.3 Å². The Morgan fingerprint density at radius 1 is 1.53 bits per heavy atom. The molecule has 0 saturated carbocycles. The molecule has 0 atom stereocenters. The molecule has 0 aliphatic carbocycles. The number of nitrogens with one attached hydrogen (secondary N) is 2. The van der Waals surface area contributed by atoms with E-state index < -0.39 is 11.7 Å². The van der Waals surface area contributed by atoms with Crippen molar-refractivity contribution in [3.05, 3.63) is 41.5 Å². The fraction of sp³-hybridized carbons (Fsp3) is 0.0833. The van der Waals surface area contributed by atoms with Gasteiger partial charge in [0.05, 0.1) is 24.0 Å². The third-order valence-corrected chi connectivity index (χ3v) is 2.20. The Balaban J connectivity index is 2.27. The van der Waals surface area contributed by atoms with E-state index in [1.165, 1.54) is 24.4 Å². The number of carbonyl (C=O) groups excluding carboxylic acids is 1. The van der Waals surface area contributed by atoms with E-state index in [-0.39, 0.29) is 12.2 Å². The average molecular weight is 259 g/mol. The maximum Gasteiger partial charge on any atom is 0.277 e. The number of halogens is 1. The van der Waals surface area contributed by atoms with Crippen LogP contribution in [0.2, 0.25) is 0 Å². The van der Waals surface area contributed by atoms with Gasteiger partial charge in [-0.05, 0) is 18.2 Å². The first-order valence-electron chi connectivity index (χ1n) is 5.36. The zero-order chi connectivity index (χ0) is 13.7. The molecular weight excluding hydrogens is 249 g/mol. The second-order valence-corrected chi connectivity index (χ2v) is 3.51. The van der Waals surface area contributed by atoms with Gasteiger partial charge in [0.2, 0.25) is 0 Å². The minimum Gasteiger partial charge on any atom is -0.320 e. The second kappa shape index (κ2) is 5.75. The summed E-state index contributed by atoms with van der Waals surface area (Å²) in [4.78, 5) is 11.8. The Kier molecular flexibility index (Phi) is 3.85. The molecule has 7 heteroatoms. The van der Waals surface area contributed by atoms with E-state index in [9.17, 15) is 9.18 Å². The molecule has 2 rings (SSSR count). The van der Waals surface area contributed by atoms with Gasteiger partial charge < -0.3 is 11.1 Å². The molecule has 1 aromatic heterocycles. The average Bonchev–Trinajstić information content (AvgIpc) is 2.93. The third kappa shape index (κ3) is 3.14. The molecule has 1 aromatic carbocycles. The zero-order valence-electron chi connectivity index (χ0n) is 9.77. The normalized spacial score (nSPS) is 9.58. The Morgan fingerprint density at radius 3 is 3.05 bits per heavy atom. The lowest BCUT2D eigenvalue weighted by Gasteiger charge is -2.05. The van der Waals surface area contributed by atoms with Crippen molar-refractivity contribution in [3.63, 3.8) is 0 Å².